The molecule has 1 N–H and O–H groups in total. The number of amides is 1. The number of thioether (sulfide) groups is 1. The van der Waals surface area contributed by atoms with E-state index in [1.165, 1.54) is 22.3 Å². The second kappa shape index (κ2) is 8.33. The lowest BCUT2D eigenvalue weighted by Gasteiger charge is -2.20. The number of aryl methyl sites for hydroxylation is 2. The summed E-state index contributed by atoms with van der Waals surface area (Å²) in [6.45, 7) is 6.13. The minimum absolute atomic E-state index is 0.0564. The van der Waals surface area contributed by atoms with Crippen molar-refractivity contribution in [3.63, 3.8) is 0 Å². The molecule has 1 amide bonds. The number of amidine groups is 2. The topological polar surface area (TPSA) is 73.8 Å². The van der Waals surface area contributed by atoms with Crippen LogP contribution in [-0.4, -0.2) is 31.5 Å². The first-order valence-electron chi connectivity index (χ1n) is 10.7. The SMILES string of the molecule is Cc1cccc(-n2c(C)cc(C=C3C(=N)N4N=C(Cc5ccccc5)SC4=NC3=O)c2C)c1. The minimum Gasteiger partial charge on any atom is -0.318 e. The maximum absolute atomic E-state index is 12.8. The molecule has 0 aliphatic carbocycles. The number of hydrogen-bond donors (Lipinski definition) is 1. The van der Waals surface area contributed by atoms with Gasteiger partial charge in [0, 0.05) is 23.5 Å². The summed E-state index contributed by atoms with van der Waals surface area (Å²) in [5, 5.41) is 16.0. The molecule has 1 aromatic heterocycles. The fraction of sp³-hybridized carbons (Fsp3) is 0.154. The van der Waals surface area contributed by atoms with Crippen molar-refractivity contribution in [2.75, 3.05) is 0 Å². The molecule has 0 saturated heterocycles. The van der Waals surface area contributed by atoms with E-state index in [0.717, 1.165) is 33.2 Å². The van der Waals surface area contributed by atoms with Gasteiger partial charge < -0.3 is 4.57 Å². The van der Waals surface area contributed by atoms with E-state index in [-0.39, 0.29) is 11.4 Å². The van der Waals surface area contributed by atoms with Gasteiger partial charge in [0.25, 0.3) is 5.91 Å². The van der Waals surface area contributed by atoms with Crippen molar-refractivity contribution in [3.05, 3.63) is 94.3 Å². The number of carbonyl (C=O) groups is 1. The van der Waals surface area contributed by atoms with Crippen molar-refractivity contribution in [2.45, 2.75) is 27.2 Å². The van der Waals surface area contributed by atoms with Crippen LogP contribution in [0.3, 0.4) is 0 Å². The number of hydrogen-bond acceptors (Lipinski definition) is 4. The highest BCUT2D eigenvalue weighted by Gasteiger charge is 2.35. The zero-order chi connectivity index (χ0) is 23.1. The van der Waals surface area contributed by atoms with Gasteiger partial charge in [-0.2, -0.15) is 15.1 Å². The molecule has 0 spiro atoms. The number of rotatable bonds is 4. The molecule has 0 radical (unpaired) electrons. The van der Waals surface area contributed by atoms with Gasteiger partial charge in [-0.3, -0.25) is 10.2 Å². The minimum atomic E-state index is -0.407. The van der Waals surface area contributed by atoms with Crippen LogP contribution >= 0.6 is 11.8 Å². The Labute approximate surface area is 196 Å². The Morgan fingerprint density at radius 3 is 2.58 bits per heavy atom. The summed E-state index contributed by atoms with van der Waals surface area (Å²) in [4.78, 5) is 17.1. The van der Waals surface area contributed by atoms with E-state index in [1.807, 2.05) is 56.3 Å². The molecule has 3 aromatic rings. The number of hydrazone groups is 1. The van der Waals surface area contributed by atoms with Gasteiger partial charge in [-0.25, -0.2) is 0 Å². The molecule has 3 heterocycles. The molecule has 7 heteroatoms. The van der Waals surface area contributed by atoms with Crippen LogP contribution in [0.4, 0.5) is 0 Å². The van der Waals surface area contributed by atoms with Crippen LogP contribution in [-0.2, 0) is 11.2 Å². The second-order valence-electron chi connectivity index (χ2n) is 8.18. The quantitative estimate of drug-likeness (QED) is 0.547. The lowest BCUT2D eigenvalue weighted by atomic mass is 10.1. The largest absolute Gasteiger partial charge is 0.318 e. The zero-order valence-corrected chi connectivity index (χ0v) is 19.5. The fourth-order valence-electron chi connectivity index (χ4n) is 4.13. The zero-order valence-electron chi connectivity index (χ0n) is 18.7. The Hall–Kier alpha value is -3.71. The Kier molecular flexibility index (Phi) is 5.34. The van der Waals surface area contributed by atoms with Crippen LogP contribution in [0.15, 0.2) is 76.3 Å². The molecular weight excluding hydrogens is 430 g/mol. The van der Waals surface area contributed by atoms with E-state index < -0.39 is 5.91 Å². The van der Waals surface area contributed by atoms with E-state index >= 15 is 0 Å². The van der Waals surface area contributed by atoms with Gasteiger partial charge in [0.15, 0.2) is 5.84 Å². The summed E-state index contributed by atoms with van der Waals surface area (Å²) >= 11 is 1.35. The molecule has 0 saturated carbocycles. The molecule has 2 aliphatic rings. The van der Waals surface area contributed by atoms with Gasteiger partial charge in [-0.1, -0.05) is 42.5 Å². The molecule has 0 bridgehead atoms. The molecule has 0 fully saturated rings. The summed E-state index contributed by atoms with van der Waals surface area (Å²) in [6, 6.07) is 20.4. The van der Waals surface area contributed by atoms with Gasteiger partial charge in [-0.15, -0.1) is 0 Å². The lowest BCUT2D eigenvalue weighted by Crippen LogP contribution is -2.35. The van der Waals surface area contributed by atoms with Crippen molar-refractivity contribution >= 4 is 39.8 Å². The molecular formula is C26H23N5OS. The maximum atomic E-state index is 12.8. The third kappa shape index (κ3) is 3.96. The number of fused-ring (bicyclic) bond motifs is 1. The Balaban J connectivity index is 1.47. The van der Waals surface area contributed by atoms with Crippen molar-refractivity contribution < 1.29 is 4.79 Å². The summed E-state index contributed by atoms with van der Waals surface area (Å²) < 4.78 is 2.16. The van der Waals surface area contributed by atoms with Crippen LogP contribution < -0.4 is 0 Å². The predicted molar refractivity (Wildman–Crippen MR) is 135 cm³/mol. The van der Waals surface area contributed by atoms with Gasteiger partial charge in [-0.05, 0) is 73.5 Å². The molecule has 0 unspecified atom stereocenters. The number of aliphatic imine (C=N–C) groups is 1. The Bertz CT molecular complexity index is 1380. The molecule has 2 aliphatic heterocycles. The summed E-state index contributed by atoms with van der Waals surface area (Å²) in [5.74, 6) is -0.351. The highest BCUT2D eigenvalue weighted by Crippen LogP contribution is 2.31. The predicted octanol–water partition coefficient (Wildman–Crippen LogP) is 5.26. The molecule has 5 rings (SSSR count). The standard InChI is InChI=1S/C26H23N5OS/c1-16-8-7-11-21(12-16)30-17(2)13-20(18(30)3)15-22-24(27)31-26(28-25(22)32)33-23(29-31)14-19-9-5-4-6-10-19/h4-13,15,27H,14H2,1-3H3. The van der Waals surface area contributed by atoms with E-state index in [0.29, 0.717) is 11.6 Å². The summed E-state index contributed by atoms with van der Waals surface area (Å²) in [6.07, 6.45) is 2.40. The van der Waals surface area contributed by atoms with E-state index in [1.54, 1.807) is 6.08 Å². The van der Waals surface area contributed by atoms with Crippen molar-refractivity contribution in [1.29, 1.82) is 5.41 Å². The van der Waals surface area contributed by atoms with Crippen molar-refractivity contribution in [3.8, 4) is 5.69 Å². The fourth-order valence-corrected chi connectivity index (χ4v) is 5.05. The van der Waals surface area contributed by atoms with Crippen LogP contribution in [0.25, 0.3) is 11.8 Å². The molecule has 164 valence electrons. The molecule has 0 atom stereocenters. The van der Waals surface area contributed by atoms with Crippen molar-refractivity contribution in [1.82, 2.24) is 9.58 Å². The Morgan fingerprint density at radius 1 is 1.03 bits per heavy atom. The van der Waals surface area contributed by atoms with Gasteiger partial charge >= 0.3 is 0 Å². The van der Waals surface area contributed by atoms with Crippen LogP contribution in [0.5, 0.6) is 0 Å². The third-order valence-electron chi connectivity index (χ3n) is 5.72. The second-order valence-corrected chi connectivity index (χ2v) is 9.22. The number of aromatic nitrogens is 1. The number of nitrogens with zero attached hydrogens (tertiary/aromatic N) is 4. The van der Waals surface area contributed by atoms with E-state index in [2.05, 4.69) is 39.8 Å². The number of nitrogens with one attached hydrogen (secondary N) is 1. The molecule has 2 aromatic carbocycles. The van der Waals surface area contributed by atoms with Crippen LogP contribution in [0, 0.1) is 26.2 Å². The molecule has 33 heavy (non-hydrogen) atoms. The van der Waals surface area contributed by atoms with Gasteiger partial charge in [0.1, 0.15) is 5.04 Å². The third-order valence-corrected chi connectivity index (χ3v) is 6.63. The van der Waals surface area contributed by atoms with E-state index in [4.69, 9.17) is 5.41 Å². The smallest absolute Gasteiger partial charge is 0.283 e. The normalized spacial score (nSPS) is 16.8. The average molecular weight is 454 g/mol. The summed E-state index contributed by atoms with van der Waals surface area (Å²) in [5.41, 5.74) is 6.58. The van der Waals surface area contributed by atoms with Crippen LogP contribution in [0.1, 0.15) is 28.1 Å². The maximum Gasteiger partial charge on any atom is 0.283 e. The Morgan fingerprint density at radius 2 is 1.82 bits per heavy atom. The monoisotopic (exact) mass is 453 g/mol. The van der Waals surface area contributed by atoms with Crippen LogP contribution in [0.2, 0.25) is 0 Å². The number of carbonyl (C=O) groups excluding carboxylic acids is 1. The first-order chi connectivity index (χ1) is 15.9. The van der Waals surface area contributed by atoms with E-state index in [9.17, 15) is 4.79 Å². The molecule has 6 nitrogen and oxygen atoms in total. The van der Waals surface area contributed by atoms with Crippen molar-refractivity contribution in [2.24, 2.45) is 10.1 Å². The first kappa shape index (κ1) is 21.2. The first-order valence-corrected chi connectivity index (χ1v) is 11.5. The summed E-state index contributed by atoms with van der Waals surface area (Å²) in [7, 11) is 0. The van der Waals surface area contributed by atoms with Gasteiger partial charge in [0.2, 0.25) is 5.17 Å². The lowest BCUT2D eigenvalue weighted by molar-refractivity contribution is -0.114. The highest BCUT2D eigenvalue weighted by molar-refractivity contribution is 8.26. The number of benzene rings is 2. The average Bonchev–Trinajstić information content (AvgIpc) is 3.31. The van der Waals surface area contributed by atoms with Gasteiger partial charge in [0.05, 0.1) is 5.57 Å². The highest BCUT2D eigenvalue weighted by atomic mass is 32.2.